The van der Waals surface area contributed by atoms with E-state index in [0.29, 0.717) is 18.1 Å². The molecule has 0 aromatic heterocycles. The monoisotopic (exact) mass is 286 g/mol. The number of nitrogens with one attached hydrogen (secondary N) is 1. The van der Waals surface area contributed by atoms with Crippen molar-refractivity contribution in [2.45, 2.75) is 45.1 Å². The fraction of sp³-hybridized carbons (Fsp3) is 0.600. The minimum absolute atomic E-state index is 0.0770. The molecule has 1 aliphatic carbocycles. The first-order chi connectivity index (χ1) is 9.58. The van der Waals surface area contributed by atoms with Crippen molar-refractivity contribution < 1.29 is 13.2 Å². The SMILES string of the molecule is CCC1CCCCC1C(NN)c1c(F)cc(F)cc1F. The molecule has 1 aromatic rings. The summed E-state index contributed by atoms with van der Waals surface area (Å²) < 4.78 is 40.9. The molecule has 1 aromatic carbocycles. The Labute approximate surface area is 117 Å². The minimum Gasteiger partial charge on any atom is -0.271 e. The molecule has 0 saturated heterocycles. The summed E-state index contributed by atoms with van der Waals surface area (Å²) in [5.41, 5.74) is 2.41. The van der Waals surface area contributed by atoms with Gasteiger partial charge in [-0.2, -0.15) is 0 Å². The van der Waals surface area contributed by atoms with Gasteiger partial charge in [-0.15, -0.1) is 0 Å². The standard InChI is InChI=1S/C15H21F3N2/c1-2-9-5-3-4-6-11(9)15(20-19)14-12(17)7-10(16)8-13(14)18/h7-9,11,15,20H,2-6,19H2,1H3. The maximum atomic E-state index is 14.0. The van der Waals surface area contributed by atoms with Crippen molar-refractivity contribution in [2.24, 2.45) is 17.7 Å². The second-order valence-corrected chi connectivity index (χ2v) is 5.54. The summed E-state index contributed by atoms with van der Waals surface area (Å²) in [5.74, 6) is 3.37. The molecule has 3 unspecified atom stereocenters. The van der Waals surface area contributed by atoms with Crippen LogP contribution in [-0.2, 0) is 0 Å². The topological polar surface area (TPSA) is 38.0 Å². The van der Waals surface area contributed by atoms with Crippen LogP contribution < -0.4 is 11.3 Å². The lowest BCUT2D eigenvalue weighted by molar-refractivity contribution is 0.171. The fourth-order valence-corrected chi connectivity index (χ4v) is 3.45. The molecule has 0 spiro atoms. The number of hydrogen-bond acceptors (Lipinski definition) is 2. The predicted molar refractivity (Wildman–Crippen MR) is 72.1 cm³/mol. The van der Waals surface area contributed by atoms with Gasteiger partial charge in [0.1, 0.15) is 17.5 Å². The highest BCUT2D eigenvalue weighted by Gasteiger charge is 2.34. The molecule has 20 heavy (non-hydrogen) atoms. The van der Waals surface area contributed by atoms with E-state index in [9.17, 15) is 13.2 Å². The lowest BCUT2D eigenvalue weighted by Crippen LogP contribution is -2.39. The van der Waals surface area contributed by atoms with Crippen LogP contribution in [0.2, 0.25) is 0 Å². The molecule has 0 heterocycles. The highest BCUT2D eigenvalue weighted by Crippen LogP contribution is 2.41. The molecule has 0 aliphatic heterocycles. The average molecular weight is 286 g/mol. The van der Waals surface area contributed by atoms with Crippen LogP contribution in [0.4, 0.5) is 13.2 Å². The van der Waals surface area contributed by atoms with E-state index in [1.165, 1.54) is 0 Å². The molecular weight excluding hydrogens is 265 g/mol. The van der Waals surface area contributed by atoms with E-state index in [0.717, 1.165) is 32.1 Å². The van der Waals surface area contributed by atoms with Crippen molar-refractivity contribution in [1.82, 2.24) is 5.43 Å². The number of nitrogens with two attached hydrogens (primary N) is 1. The number of hydrogen-bond donors (Lipinski definition) is 2. The van der Waals surface area contributed by atoms with E-state index < -0.39 is 23.5 Å². The average Bonchev–Trinajstić information content (AvgIpc) is 2.42. The van der Waals surface area contributed by atoms with Crippen molar-refractivity contribution in [3.05, 3.63) is 35.1 Å². The van der Waals surface area contributed by atoms with Gasteiger partial charge in [-0.1, -0.05) is 32.6 Å². The molecule has 3 atom stereocenters. The summed E-state index contributed by atoms with van der Waals surface area (Å²) in [5, 5.41) is 0. The number of halogens is 3. The van der Waals surface area contributed by atoms with Gasteiger partial charge in [-0.05, 0) is 18.3 Å². The molecule has 0 radical (unpaired) electrons. The van der Waals surface area contributed by atoms with Crippen LogP contribution in [0, 0.1) is 29.3 Å². The van der Waals surface area contributed by atoms with Crippen molar-refractivity contribution in [3.8, 4) is 0 Å². The quantitative estimate of drug-likeness (QED) is 0.652. The summed E-state index contributed by atoms with van der Waals surface area (Å²) in [6, 6.07) is 0.819. The first-order valence-corrected chi connectivity index (χ1v) is 7.19. The highest BCUT2D eigenvalue weighted by atomic mass is 19.1. The lowest BCUT2D eigenvalue weighted by Gasteiger charge is -2.37. The Balaban J connectivity index is 2.36. The zero-order chi connectivity index (χ0) is 14.7. The van der Waals surface area contributed by atoms with E-state index in [1.807, 2.05) is 0 Å². The van der Waals surface area contributed by atoms with Gasteiger partial charge in [0.05, 0.1) is 6.04 Å². The summed E-state index contributed by atoms with van der Waals surface area (Å²) in [4.78, 5) is 0. The number of rotatable bonds is 4. The molecule has 2 nitrogen and oxygen atoms in total. The second-order valence-electron chi connectivity index (χ2n) is 5.54. The van der Waals surface area contributed by atoms with Crippen molar-refractivity contribution in [2.75, 3.05) is 0 Å². The van der Waals surface area contributed by atoms with Crippen molar-refractivity contribution in [3.63, 3.8) is 0 Å². The summed E-state index contributed by atoms with van der Waals surface area (Å²) >= 11 is 0. The molecule has 5 heteroatoms. The fourth-order valence-electron chi connectivity index (χ4n) is 3.45. The number of benzene rings is 1. The Hall–Kier alpha value is -1.07. The Morgan fingerprint density at radius 2 is 1.80 bits per heavy atom. The van der Waals surface area contributed by atoms with Gasteiger partial charge in [0, 0.05) is 17.7 Å². The third-order valence-corrected chi connectivity index (χ3v) is 4.45. The van der Waals surface area contributed by atoms with Crippen molar-refractivity contribution >= 4 is 0 Å². The van der Waals surface area contributed by atoms with Crippen LogP contribution >= 0.6 is 0 Å². The molecule has 0 amide bonds. The number of hydrazine groups is 1. The Bertz CT molecular complexity index is 441. The van der Waals surface area contributed by atoms with Crippen LogP contribution in [0.25, 0.3) is 0 Å². The zero-order valence-electron chi connectivity index (χ0n) is 11.6. The van der Waals surface area contributed by atoms with E-state index in [2.05, 4.69) is 12.3 Å². The van der Waals surface area contributed by atoms with Gasteiger partial charge in [-0.25, -0.2) is 13.2 Å². The van der Waals surface area contributed by atoms with Crippen LogP contribution in [-0.4, -0.2) is 0 Å². The molecule has 1 fully saturated rings. The summed E-state index contributed by atoms with van der Waals surface area (Å²) in [7, 11) is 0. The highest BCUT2D eigenvalue weighted by molar-refractivity contribution is 5.25. The predicted octanol–water partition coefficient (Wildman–Crippen LogP) is 3.82. The Morgan fingerprint density at radius 3 is 2.35 bits per heavy atom. The molecule has 1 saturated carbocycles. The second kappa shape index (κ2) is 6.59. The van der Waals surface area contributed by atoms with Crippen molar-refractivity contribution in [1.29, 1.82) is 0 Å². The Kier molecular flexibility index (Phi) is 5.05. The zero-order valence-corrected chi connectivity index (χ0v) is 11.6. The van der Waals surface area contributed by atoms with Gasteiger partial charge in [0.2, 0.25) is 0 Å². The van der Waals surface area contributed by atoms with Gasteiger partial charge in [0.25, 0.3) is 0 Å². The summed E-state index contributed by atoms with van der Waals surface area (Å²) in [6.45, 7) is 2.08. The molecule has 112 valence electrons. The van der Waals surface area contributed by atoms with Crippen LogP contribution in [0.15, 0.2) is 12.1 Å². The maximum absolute atomic E-state index is 14.0. The Morgan fingerprint density at radius 1 is 1.20 bits per heavy atom. The van der Waals surface area contributed by atoms with Crippen LogP contribution in [0.3, 0.4) is 0 Å². The van der Waals surface area contributed by atoms with Gasteiger partial charge < -0.3 is 0 Å². The molecule has 1 aliphatic rings. The van der Waals surface area contributed by atoms with Gasteiger partial charge in [-0.3, -0.25) is 11.3 Å². The van der Waals surface area contributed by atoms with Gasteiger partial charge in [0.15, 0.2) is 0 Å². The smallest absolute Gasteiger partial charge is 0.133 e. The van der Waals surface area contributed by atoms with E-state index in [4.69, 9.17) is 5.84 Å². The third kappa shape index (κ3) is 2.99. The van der Waals surface area contributed by atoms with E-state index >= 15 is 0 Å². The minimum atomic E-state index is -0.907. The molecule has 0 bridgehead atoms. The molecule has 3 N–H and O–H groups in total. The van der Waals surface area contributed by atoms with Crippen LogP contribution in [0.1, 0.15) is 50.6 Å². The third-order valence-electron chi connectivity index (χ3n) is 4.45. The maximum Gasteiger partial charge on any atom is 0.133 e. The largest absolute Gasteiger partial charge is 0.271 e. The summed E-state index contributed by atoms with van der Waals surface area (Å²) in [6.07, 6.45) is 5.05. The van der Waals surface area contributed by atoms with E-state index in [1.54, 1.807) is 0 Å². The molecular formula is C15H21F3N2. The first-order valence-electron chi connectivity index (χ1n) is 7.19. The van der Waals surface area contributed by atoms with Crippen LogP contribution in [0.5, 0.6) is 0 Å². The van der Waals surface area contributed by atoms with E-state index in [-0.39, 0.29) is 11.5 Å². The van der Waals surface area contributed by atoms with Gasteiger partial charge >= 0.3 is 0 Å². The molecule has 2 rings (SSSR count). The normalized spacial score (nSPS) is 24.6. The first kappa shape index (κ1) is 15.3. The lowest BCUT2D eigenvalue weighted by atomic mass is 9.72.